The van der Waals surface area contributed by atoms with Gasteiger partial charge in [0.05, 0.1) is 17.3 Å². The average Bonchev–Trinajstić information content (AvgIpc) is 3.25. The molecule has 0 spiro atoms. The van der Waals surface area contributed by atoms with Gasteiger partial charge in [0.25, 0.3) is 0 Å². The fraction of sp³-hybridized carbons (Fsp3) is 0.417. The van der Waals surface area contributed by atoms with Crippen LogP contribution in [0.5, 0.6) is 5.75 Å². The van der Waals surface area contributed by atoms with Crippen LogP contribution in [-0.4, -0.2) is 61.1 Å². The van der Waals surface area contributed by atoms with Crippen molar-refractivity contribution in [2.24, 2.45) is 0 Å². The van der Waals surface area contributed by atoms with Crippen LogP contribution in [0.2, 0.25) is 0 Å². The highest BCUT2D eigenvalue weighted by molar-refractivity contribution is 7.99. The largest absolute Gasteiger partial charge is 0.497 e. The Hall–Kier alpha value is -1.45. The molecule has 0 bridgehead atoms. The summed E-state index contributed by atoms with van der Waals surface area (Å²) in [5.41, 5.74) is 0.955. The summed E-state index contributed by atoms with van der Waals surface area (Å²) in [5, 5.41) is 0.796. The van der Waals surface area contributed by atoms with Crippen LogP contribution in [0, 0.1) is 0 Å². The van der Waals surface area contributed by atoms with Gasteiger partial charge in [-0.15, -0.1) is 35.9 Å². The summed E-state index contributed by atoms with van der Waals surface area (Å²) in [6.07, 6.45) is 2.55. The van der Waals surface area contributed by atoms with Crippen molar-refractivity contribution in [3.8, 4) is 5.75 Å². The van der Waals surface area contributed by atoms with Crippen molar-refractivity contribution in [2.75, 3.05) is 50.2 Å². The van der Waals surface area contributed by atoms with E-state index in [4.69, 9.17) is 9.72 Å². The summed E-state index contributed by atoms with van der Waals surface area (Å²) in [6.45, 7) is 7.76. The van der Waals surface area contributed by atoms with Crippen molar-refractivity contribution < 1.29 is 9.53 Å². The molecule has 3 rings (SSSR count). The van der Waals surface area contributed by atoms with E-state index in [1.807, 2.05) is 35.2 Å². The number of benzene rings is 2. The lowest BCUT2D eigenvalue weighted by molar-refractivity contribution is -0.118. The Bertz CT molecular complexity index is 1010. The Morgan fingerprint density at radius 1 is 1.06 bits per heavy atom. The standard InChI is InChI=1S/C24H31N3O2S3.ClH/c1-5-26(6-2)14-15-27(24-25-21-12-11-20(30-4)17-22(21)32-24)23(28)13-16-31-19-9-7-18(29-3)8-10-19;/h7-12,17H,5-6,13-16H2,1-4H3;1H. The summed E-state index contributed by atoms with van der Waals surface area (Å²) < 4.78 is 6.34. The number of aromatic nitrogens is 1. The lowest BCUT2D eigenvalue weighted by atomic mass is 10.3. The molecule has 0 saturated carbocycles. The number of likely N-dealkylation sites (N-methyl/N-ethyl adjacent to an activating group) is 1. The van der Waals surface area contributed by atoms with E-state index in [9.17, 15) is 4.79 Å². The van der Waals surface area contributed by atoms with E-state index in [0.29, 0.717) is 13.0 Å². The van der Waals surface area contributed by atoms with Gasteiger partial charge in [0, 0.05) is 35.1 Å². The maximum atomic E-state index is 13.3. The predicted octanol–water partition coefficient (Wildman–Crippen LogP) is 6.31. The number of nitrogens with zero attached hydrogens (tertiary/aromatic N) is 3. The Kier molecular flexibility index (Phi) is 11.8. The van der Waals surface area contributed by atoms with Crippen LogP contribution in [-0.2, 0) is 4.79 Å². The van der Waals surface area contributed by atoms with Crippen LogP contribution in [0.3, 0.4) is 0 Å². The molecule has 0 saturated heterocycles. The smallest absolute Gasteiger partial charge is 0.229 e. The molecular formula is C24H32ClN3O2S3. The van der Waals surface area contributed by atoms with Gasteiger partial charge in [-0.05, 0) is 61.8 Å². The molecule has 1 heterocycles. The normalized spacial score (nSPS) is 10.9. The zero-order valence-corrected chi connectivity index (χ0v) is 22.8. The summed E-state index contributed by atoms with van der Waals surface area (Å²) >= 11 is 5.02. The molecule has 33 heavy (non-hydrogen) atoms. The Labute approximate surface area is 215 Å². The van der Waals surface area contributed by atoms with Crippen LogP contribution in [0.15, 0.2) is 52.3 Å². The summed E-state index contributed by atoms with van der Waals surface area (Å²) in [6, 6.07) is 14.3. The third-order valence-corrected chi connectivity index (χ3v) is 8.07. The number of methoxy groups -OCH3 is 1. The molecule has 3 aromatic rings. The molecule has 0 aliphatic heterocycles. The first-order valence-electron chi connectivity index (χ1n) is 10.8. The van der Waals surface area contributed by atoms with Crippen molar-refractivity contribution in [3.05, 3.63) is 42.5 Å². The van der Waals surface area contributed by atoms with Crippen LogP contribution in [0.25, 0.3) is 10.2 Å². The van der Waals surface area contributed by atoms with Gasteiger partial charge in [0.1, 0.15) is 5.75 Å². The molecule has 0 N–H and O–H groups in total. The minimum Gasteiger partial charge on any atom is -0.497 e. The van der Waals surface area contributed by atoms with Gasteiger partial charge in [-0.2, -0.15) is 0 Å². The van der Waals surface area contributed by atoms with Gasteiger partial charge in [0.15, 0.2) is 5.13 Å². The SMILES string of the molecule is CCN(CC)CCN(C(=O)CCSc1ccc(OC)cc1)c1nc2ccc(SC)cc2s1.Cl. The lowest BCUT2D eigenvalue weighted by Crippen LogP contribution is -2.39. The monoisotopic (exact) mass is 525 g/mol. The Morgan fingerprint density at radius 2 is 1.76 bits per heavy atom. The highest BCUT2D eigenvalue weighted by atomic mass is 35.5. The summed E-state index contributed by atoms with van der Waals surface area (Å²) in [5.74, 6) is 1.70. The first-order chi connectivity index (χ1) is 15.6. The molecule has 0 unspecified atom stereocenters. The molecule has 0 aliphatic carbocycles. The topological polar surface area (TPSA) is 45.7 Å². The lowest BCUT2D eigenvalue weighted by Gasteiger charge is -2.24. The molecule has 0 fully saturated rings. The van der Waals surface area contributed by atoms with Gasteiger partial charge in [-0.1, -0.05) is 25.2 Å². The van der Waals surface area contributed by atoms with E-state index in [1.54, 1.807) is 42.0 Å². The van der Waals surface area contributed by atoms with Gasteiger partial charge >= 0.3 is 0 Å². The van der Waals surface area contributed by atoms with Crippen LogP contribution >= 0.6 is 47.3 Å². The van der Waals surface area contributed by atoms with Gasteiger partial charge in [-0.25, -0.2) is 4.98 Å². The predicted molar refractivity (Wildman–Crippen MR) is 147 cm³/mol. The van der Waals surface area contributed by atoms with E-state index >= 15 is 0 Å². The van der Waals surface area contributed by atoms with Gasteiger partial charge in [-0.3, -0.25) is 9.69 Å². The summed E-state index contributed by atoms with van der Waals surface area (Å²) in [4.78, 5) is 24.6. The minimum atomic E-state index is 0. The fourth-order valence-corrected chi connectivity index (χ4v) is 5.71. The molecule has 0 aliphatic rings. The molecular weight excluding hydrogens is 494 g/mol. The number of carbonyl (C=O) groups is 1. The van der Waals surface area contributed by atoms with Crippen molar-refractivity contribution in [2.45, 2.75) is 30.1 Å². The second kappa shape index (κ2) is 14.1. The quantitative estimate of drug-likeness (QED) is 0.258. The van der Waals surface area contributed by atoms with Crippen LogP contribution in [0.1, 0.15) is 20.3 Å². The number of fused-ring (bicyclic) bond motifs is 1. The van der Waals surface area contributed by atoms with Crippen LogP contribution < -0.4 is 9.64 Å². The highest BCUT2D eigenvalue weighted by Crippen LogP contribution is 2.32. The number of thiazole rings is 1. The fourth-order valence-electron chi connectivity index (χ4n) is 3.31. The molecule has 180 valence electrons. The number of amides is 1. The first-order valence-corrected chi connectivity index (χ1v) is 13.8. The van der Waals surface area contributed by atoms with E-state index < -0.39 is 0 Å². The number of hydrogen-bond donors (Lipinski definition) is 0. The maximum absolute atomic E-state index is 13.3. The zero-order chi connectivity index (χ0) is 22.9. The second-order valence-corrected chi connectivity index (χ2v) is 10.2. The Balaban J connectivity index is 0.00000385. The number of rotatable bonds is 12. The number of thioether (sulfide) groups is 2. The zero-order valence-electron chi connectivity index (χ0n) is 19.6. The first kappa shape index (κ1) is 27.8. The van der Waals surface area contributed by atoms with Crippen LogP contribution in [0.4, 0.5) is 5.13 Å². The average molecular weight is 526 g/mol. The number of anilines is 1. The van der Waals surface area contributed by atoms with E-state index in [2.05, 4.69) is 37.1 Å². The third kappa shape index (κ3) is 7.79. The molecule has 1 amide bonds. The minimum absolute atomic E-state index is 0. The second-order valence-electron chi connectivity index (χ2n) is 7.18. The molecule has 0 radical (unpaired) electrons. The number of carbonyl (C=O) groups excluding carboxylic acids is 1. The number of ether oxygens (including phenoxy) is 1. The molecule has 5 nitrogen and oxygen atoms in total. The third-order valence-electron chi connectivity index (χ3n) is 5.29. The number of halogens is 1. The van der Waals surface area contributed by atoms with Gasteiger partial charge < -0.3 is 9.64 Å². The van der Waals surface area contributed by atoms with Crippen molar-refractivity contribution in [1.82, 2.24) is 9.88 Å². The van der Waals surface area contributed by atoms with E-state index in [0.717, 1.165) is 51.4 Å². The van der Waals surface area contributed by atoms with Crippen molar-refractivity contribution in [1.29, 1.82) is 0 Å². The van der Waals surface area contributed by atoms with E-state index in [1.165, 1.54) is 4.90 Å². The highest BCUT2D eigenvalue weighted by Gasteiger charge is 2.20. The molecule has 2 aromatic carbocycles. The van der Waals surface area contributed by atoms with Crippen molar-refractivity contribution >= 4 is 68.5 Å². The van der Waals surface area contributed by atoms with Crippen molar-refractivity contribution in [3.63, 3.8) is 0 Å². The summed E-state index contributed by atoms with van der Waals surface area (Å²) in [7, 11) is 1.66. The number of hydrogen-bond acceptors (Lipinski definition) is 7. The molecule has 1 aromatic heterocycles. The maximum Gasteiger partial charge on any atom is 0.229 e. The van der Waals surface area contributed by atoms with E-state index in [-0.39, 0.29) is 18.3 Å². The van der Waals surface area contributed by atoms with Gasteiger partial charge in [0.2, 0.25) is 5.91 Å². The Morgan fingerprint density at radius 3 is 2.39 bits per heavy atom. The molecule has 9 heteroatoms. The molecule has 0 atom stereocenters.